The zero-order valence-corrected chi connectivity index (χ0v) is 24.6. The molecule has 0 radical (unpaired) electrons. The van der Waals surface area contributed by atoms with Crippen LogP contribution in [0.1, 0.15) is 75.5 Å². The van der Waals surface area contributed by atoms with Crippen LogP contribution < -0.4 is 10.1 Å². The average Bonchev–Trinajstić information content (AvgIpc) is 2.90. The lowest BCUT2D eigenvalue weighted by Gasteiger charge is -2.32. The van der Waals surface area contributed by atoms with Gasteiger partial charge in [0.05, 0.1) is 13.2 Å². The van der Waals surface area contributed by atoms with E-state index in [1.165, 1.54) is 5.57 Å². The third-order valence-electron chi connectivity index (χ3n) is 7.03. The molecule has 9 heteroatoms. The van der Waals surface area contributed by atoms with Crippen molar-refractivity contribution in [3.05, 3.63) is 83.0 Å². The normalized spacial score (nSPS) is 18.4. The van der Waals surface area contributed by atoms with Crippen LogP contribution in [0.2, 0.25) is 0 Å². The maximum atomic E-state index is 12.8. The fraction of sp³-hybridized carbons (Fsp3) is 0.452. The van der Waals surface area contributed by atoms with Crippen molar-refractivity contribution in [2.45, 2.75) is 71.8 Å². The van der Waals surface area contributed by atoms with Gasteiger partial charge >= 0.3 is 13.9 Å². The number of phosphoric acid groups is 1. The Labute approximate surface area is 237 Å². The Morgan fingerprint density at radius 1 is 1.15 bits per heavy atom. The molecule has 2 aromatic carbocycles. The van der Waals surface area contributed by atoms with E-state index < -0.39 is 13.9 Å². The highest BCUT2D eigenvalue weighted by Gasteiger charge is 2.31. The maximum absolute atomic E-state index is 12.8. The Balaban J connectivity index is 1.68. The lowest BCUT2D eigenvalue weighted by atomic mass is 9.73. The van der Waals surface area contributed by atoms with E-state index in [0.29, 0.717) is 11.3 Å². The number of rotatable bonds is 14. The molecule has 0 bridgehead atoms. The minimum Gasteiger partial charge on any atom is -0.507 e. The number of unbranched alkanes of at least 4 members (excludes halogenated alkanes) is 2. The van der Waals surface area contributed by atoms with Crippen molar-refractivity contribution in [3.8, 4) is 11.5 Å². The summed E-state index contributed by atoms with van der Waals surface area (Å²) in [4.78, 5) is 22.7. The molecule has 3 atom stereocenters. The molecule has 0 heterocycles. The summed E-state index contributed by atoms with van der Waals surface area (Å²) >= 11 is 0. The summed E-state index contributed by atoms with van der Waals surface area (Å²) in [6.45, 7) is 9.94. The van der Waals surface area contributed by atoms with Crippen LogP contribution in [-0.4, -0.2) is 29.2 Å². The second kappa shape index (κ2) is 15.2. The standard InChI is InChI=1S/C31H42NO7P/c1-5-6-8-13-25-19-28(33)30(27-18-23(4)14-15-26(27)22(2)3)29(20-25)39-31(34)32-16-17-37-40(35,36)38-21-24-11-9-7-10-12-24/h7,9-12,18-20,26-27,33H,2,5-6,8,13-17,21H2,1,3-4H3,(H,32,34)(H,35,36)/t26-,27+/m0/s1. The molecular formula is C31H42NO7P. The summed E-state index contributed by atoms with van der Waals surface area (Å²) in [5.74, 6) is 0.323. The second-order valence-electron chi connectivity index (χ2n) is 10.4. The third kappa shape index (κ3) is 9.63. The third-order valence-corrected chi connectivity index (χ3v) is 7.99. The Hall–Kier alpha value is -2.90. The number of carbonyl (C=O) groups is 1. The van der Waals surface area contributed by atoms with Gasteiger partial charge in [-0.2, -0.15) is 0 Å². The van der Waals surface area contributed by atoms with E-state index in [1.807, 2.05) is 19.1 Å². The van der Waals surface area contributed by atoms with E-state index in [4.69, 9.17) is 13.8 Å². The van der Waals surface area contributed by atoms with E-state index in [-0.39, 0.29) is 37.3 Å². The number of aryl methyl sites for hydroxylation is 1. The number of nitrogens with one attached hydrogen (secondary N) is 1. The number of phosphoric ester groups is 1. The molecule has 0 spiro atoms. The highest BCUT2D eigenvalue weighted by molar-refractivity contribution is 7.47. The van der Waals surface area contributed by atoms with Crippen molar-refractivity contribution in [1.29, 1.82) is 0 Å². The second-order valence-corrected chi connectivity index (χ2v) is 11.8. The van der Waals surface area contributed by atoms with Crippen molar-refractivity contribution in [2.75, 3.05) is 13.2 Å². The molecule has 0 aliphatic heterocycles. The fourth-order valence-corrected chi connectivity index (χ4v) is 5.64. The van der Waals surface area contributed by atoms with Crippen LogP contribution >= 0.6 is 7.82 Å². The van der Waals surface area contributed by atoms with Crippen molar-refractivity contribution in [1.82, 2.24) is 5.32 Å². The predicted molar refractivity (Wildman–Crippen MR) is 156 cm³/mol. The van der Waals surface area contributed by atoms with Crippen LogP contribution in [0, 0.1) is 5.92 Å². The van der Waals surface area contributed by atoms with Gasteiger partial charge in [0.15, 0.2) is 0 Å². The van der Waals surface area contributed by atoms with Crippen LogP contribution in [0.5, 0.6) is 11.5 Å². The van der Waals surface area contributed by atoms with E-state index in [1.54, 1.807) is 30.3 Å². The summed E-state index contributed by atoms with van der Waals surface area (Å²) in [5, 5.41) is 13.7. The number of hydrogen-bond acceptors (Lipinski definition) is 6. The molecule has 0 aromatic heterocycles. The van der Waals surface area contributed by atoms with Crippen molar-refractivity contribution in [3.63, 3.8) is 0 Å². The van der Waals surface area contributed by atoms with E-state index >= 15 is 0 Å². The number of hydrogen-bond donors (Lipinski definition) is 3. The van der Waals surface area contributed by atoms with Gasteiger partial charge in [-0.1, -0.05) is 73.9 Å². The van der Waals surface area contributed by atoms with Gasteiger partial charge in [-0.25, -0.2) is 9.36 Å². The first kappa shape index (κ1) is 31.6. The lowest BCUT2D eigenvalue weighted by Crippen LogP contribution is -2.30. The highest BCUT2D eigenvalue weighted by Crippen LogP contribution is 2.47. The fourth-order valence-electron chi connectivity index (χ4n) is 4.93. The number of amides is 1. The molecule has 218 valence electrons. The molecule has 3 rings (SSSR count). The number of allylic oxidation sites excluding steroid dienone is 3. The smallest absolute Gasteiger partial charge is 0.472 e. The SMILES string of the molecule is C=C(C)[C@@H]1CCC(C)=C[C@H]1c1c(O)cc(CCCCC)cc1OC(=O)NCCOP(=O)(O)OCc1ccccc1. The van der Waals surface area contributed by atoms with E-state index in [9.17, 15) is 19.4 Å². The molecule has 2 aromatic rings. The summed E-state index contributed by atoms with van der Waals surface area (Å²) in [5.41, 5.74) is 4.41. The largest absolute Gasteiger partial charge is 0.507 e. The van der Waals surface area contributed by atoms with Gasteiger partial charge in [0, 0.05) is 18.0 Å². The van der Waals surface area contributed by atoms with Gasteiger partial charge in [0.2, 0.25) is 0 Å². The number of phenolic OH excluding ortho intramolecular Hbond substituents is 1. The monoisotopic (exact) mass is 571 g/mol. The molecular weight excluding hydrogens is 529 g/mol. The molecule has 3 N–H and O–H groups in total. The van der Waals surface area contributed by atoms with Crippen LogP contribution in [-0.2, 0) is 26.6 Å². The van der Waals surface area contributed by atoms with Crippen molar-refractivity contribution in [2.24, 2.45) is 5.92 Å². The minimum atomic E-state index is -4.30. The molecule has 0 saturated carbocycles. The Kier molecular flexibility index (Phi) is 12.0. The molecule has 1 aliphatic rings. The van der Waals surface area contributed by atoms with Crippen LogP contribution in [0.4, 0.5) is 4.79 Å². The quantitative estimate of drug-likeness (QED) is 0.122. The topological polar surface area (TPSA) is 114 Å². The molecule has 1 amide bonds. The summed E-state index contributed by atoms with van der Waals surface area (Å²) in [6, 6.07) is 12.6. The first-order valence-corrected chi connectivity index (χ1v) is 15.4. The summed E-state index contributed by atoms with van der Waals surface area (Å²) in [7, 11) is -4.30. The number of aromatic hydroxyl groups is 1. The van der Waals surface area contributed by atoms with Crippen LogP contribution in [0.25, 0.3) is 0 Å². The zero-order chi connectivity index (χ0) is 29.1. The first-order valence-electron chi connectivity index (χ1n) is 13.9. The molecule has 1 aliphatic carbocycles. The predicted octanol–water partition coefficient (Wildman–Crippen LogP) is 7.56. The highest BCUT2D eigenvalue weighted by atomic mass is 31.2. The van der Waals surface area contributed by atoms with Crippen LogP contribution in [0.3, 0.4) is 0 Å². The maximum Gasteiger partial charge on any atom is 0.472 e. The van der Waals surface area contributed by atoms with Gasteiger partial charge in [0.1, 0.15) is 11.5 Å². The molecule has 1 unspecified atom stereocenters. The van der Waals surface area contributed by atoms with Gasteiger partial charge < -0.3 is 20.1 Å². The van der Waals surface area contributed by atoms with Crippen LogP contribution in [0.15, 0.2) is 66.3 Å². The van der Waals surface area contributed by atoms with Crippen molar-refractivity contribution < 1.29 is 33.1 Å². The van der Waals surface area contributed by atoms with E-state index in [0.717, 1.165) is 55.2 Å². The first-order chi connectivity index (χ1) is 19.1. The summed E-state index contributed by atoms with van der Waals surface area (Å²) in [6.07, 6.45) is 7.07. The number of ether oxygens (including phenoxy) is 1. The number of phenols is 1. The van der Waals surface area contributed by atoms with Gasteiger partial charge in [-0.05, 0) is 68.7 Å². The molecule has 8 nitrogen and oxygen atoms in total. The average molecular weight is 572 g/mol. The van der Waals surface area contributed by atoms with E-state index in [2.05, 4.69) is 31.8 Å². The van der Waals surface area contributed by atoms with Gasteiger partial charge in [-0.15, -0.1) is 0 Å². The Morgan fingerprint density at radius 3 is 2.60 bits per heavy atom. The number of carbonyl (C=O) groups excluding carboxylic acids is 1. The molecule has 40 heavy (non-hydrogen) atoms. The minimum absolute atomic E-state index is 0.0770. The lowest BCUT2D eigenvalue weighted by molar-refractivity contribution is 0.142. The van der Waals surface area contributed by atoms with Gasteiger partial charge in [0.25, 0.3) is 0 Å². The number of benzene rings is 2. The summed E-state index contributed by atoms with van der Waals surface area (Å²) < 4.78 is 27.9. The van der Waals surface area contributed by atoms with Crippen molar-refractivity contribution >= 4 is 13.9 Å². The molecule has 0 fully saturated rings. The Morgan fingerprint density at radius 2 is 1.90 bits per heavy atom. The zero-order valence-electron chi connectivity index (χ0n) is 23.7. The Bertz CT molecular complexity index is 1230. The molecule has 0 saturated heterocycles. The van der Waals surface area contributed by atoms with Gasteiger partial charge in [-0.3, -0.25) is 9.05 Å².